The van der Waals surface area contributed by atoms with E-state index in [9.17, 15) is 0 Å². The number of alkyl halides is 1. The molecule has 1 aromatic carbocycles. The van der Waals surface area contributed by atoms with Crippen molar-refractivity contribution >= 4 is 11.6 Å². The van der Waals surface area contributed by atoms with Crippen molar-refractivity contribution in [2.24, 2.45) is 5.73 Å². The van der Waals surface area contributed by atoms with E-state index < -0.39 is 5.00 Å². The minimum absolute atomic E-state index is 0.738. The van der Waals surface area contributed by atoms with Gasteiger partial charge in [-0.25, -0.2) is 4.98 Å². The van der Waals surface area contributed by atoms with E-state index >= 15 is 0 Å². The zero-order valence-electron chi connectivity index (χ0n) is 10.5. The number of nitrogens with zero attached hydrogens (tertiary/aromatic N) is 1. The van der Waals surface area contributed by atoms with E-state index in [2.05, 4.69) is 16.9 Å². The summed E-state index contributed by atoms with van der Waals surface area (Å²) in [6, 6.07) is 9.93. The Labute approximate surface area is 112 Å². The van der Waals surface area contributed by atoms with Gasteiger partial charge in [0.15, 0.2) is 0 Å². The number of H-pyrrole nitrogens is 1. The standard InChI is InChI=1S/C14H18ClN3/c1-2-3-9-14(15,16)12-10-17-13(18-12)11-7-5-4-6-8-11/h4-8,10H,2-3,9,16H2,1H3,(H,17,18). The maximum atomic E-state index is 6.35. The highest BCUT2D eigenvalue weighted by atomic mass is 35.5. The van der Waals surface area contributed by atoms with Crippen molar-refractivity contribution in [3.8, 4) is 11.4 Å². The summed E-state index contributed by atoms with van der Waals surface area (Å²) in [5, 5.41) is 0. The highest BCUT2D eigenvalue weighted by molar-refractivity contribution is 6.23. The number of nitrogens with two attached hydrogens (primary N) is 1. The molecule has 1 heterocycles. The number of rotatable bonds is 5. The van der Waals surface area contributed by atoms with Crippen molar-refractivity contribution in [1.29, 1.82) is 0 Å². The van der Waals surface area contributed by atoms with Crippen LogP contribution in [0, 0.1) is 0 Å². The van der Waals surface area contributed by atoms with Crippen LogP contribution < -0.4 is 5.73 Å². The molecule has 0 aliphatic carbocycles. The smallest absolute Gasteiger partial charge is 0.137 e. The van der Waals surface area contributed by atoms with Crippen LogP contribution in [-0.2, 0) is 5.00 Å². The topological polar surface area (TPSA) is 54.7 Å². The summed E-state index contributed by atoms with van der Waals surface area (Å²) in [5.74, 6) is 0.803. The number of aromatic amines is 1. The summed E-state index contributed by atoms with van der Waals surface area (Å²) < 4.78 is 0. The van der Waals surface area contributed by atoms with Crippen molar-refractivity contribution in [1.82, 2.24) is 9.97 Å². The molecule has 1 atom stereocenters. The van der Waals surface area contributed by atoms with Gasteiger partial charge in [-0.05, 0) is 6.42 Å². The first-order valence-corrected chi connectivity index (χ1v) is 6.60. The van der Waals surface area contributed by atoms with E-state index in [4.69, 9.17) is 17.3 Å². The molecular weight excluding hydrogens is 246 g/mol. The van der Waals surface area contributed by atoms with Crippen molar-refractivity contribution < 1.29 is 0 Å². The summed E-state index contributed by atoms with van der Waals surface area (Å²) in [6.07, 6.45) is 4.54. The minimum Gasteiger partial charge on any atom is -0.339 e. The van der Waals surface area contributed by atoms with Gasteiger partial charge in [0.05, 0.1) is 11.9 Å². The second kappa shape index (κ2) is 5.55. The lowest BCUT2D eigenvalue weighted by Gasteiger charge is -2.19. The average Bonchev–Trinajstić information content (AvgIpc) is 2.88. The Hall–Kier alpha value is -1.32. The predicted octanol–water partition coefficient (Wildman–Crippen LogP) is 3.62. The third kappa shape index (κ3) is 2.92. The van der Waals surface area contributed by atoms with Crippen LogP contribution in [0.15, 0.2) is 36.5 Å². The fraction of sp³-hybridized carbons (Fsp3) is 0.357. The third-order valence-corrected chi connectivity index (χ3v) is 3.36. The molecule has 0 aliphatic heterocycles. The number of hydrogen-bond acceptors (Lipinski definition) is 2. The summed E-state index contributed by atoms with van der Waals surface area (Å²) in [5.41, 5.74) is 7.92. The van der Waals surface area contributed by atoms with E-state index in [1.807, 2.05) is 30.3 Å². The molecule has 0 radical (unpaired) electrons. The zero-order chi connectivity index (χ0) is 13.0. The first-order valence-electron chi connectivity index (χ1n) is 6.22. The number of hydrogen-bond donors (Lipinski definition) is 2. The van der Waals surface area contributed by atoms with Crippen molar-refractivity contribution in [3.05, 3.63) is 42.2 Å². The molecular formula is C14H18ClN3. The molecule has 0 amide bonds. The van der Waals surface area contributed by atoms with Crippen LogP contribution in [0.4, 0.5) is 0 Å². The van der Waals surface area contributed by atoms with Crippen LogP contribution in [0.5, 0.6) is 0 Å². The Balaban J connectivity index is 2.20. The number of halogens is 1. The quantitative estimate of drug-likeness (QED) is 0.639. The molecule has 0 aliphatic rings. The normalized spacial score (nSPS) is 14.4. The highest BCUT2D eigenvalue weighted by Gasteiger charge is 2.25. The van der Waals surface area contributed by atoms with Crippen LogP contribution in [0.25, 0.3) is 11.4 Å². The van der Waals surface area contributed by atoms with Gasteiger partial charge < -0.3 is 10.7 Å². The molecule has 0 fully saturated rings. The third-order valence-electron chi connectivity index (χ3n) is 2.96. The average molecular weight is 264 g/mol. The van der Waals surface area contributed by atoms with E-state index in [1.165, 1.54) is 0 Å². The summed E-state index contributed by atoms with van der Waals surface area (Å²) in [6.45, 7) is 2.12. The number of unbranched alkanes of at least 4 members (excludes halogenated alkanes) is 1. The molecule has 3 N–H and O–H groups in total. The molecule has 1 aromatic heterocycles. The van der Waals surface area contributed by atoms with Gasteiger partial charge in [-0.1, -0.05) is 61.7 Å². The van der Waals surface area contributed by atoms with Crippen LogP contribution >= 0.6 is 11.6 Å². The fourth-order valence-electron chi connectivity index (χ4n) is 1.84. The molecule has 2 aromatic rings. The van der Waals surface area contributed by atoms with Gasteiger partial charge in [0.2, 0.25) is 0 Å². The lowest BCUT2D eigenvalue weighted by Crippen LogP contribution is -2.30. The number of benzene rings is 1. The lowest BCUT2D eigenvalue weighted by atomic mass is 10.1. The molecule has 0 spiro atoms. The van der Waals surface area contributed by atoms with Gasteiger partial charge >= 0.3 is 0 Å². The Morgan fingerprint density at radius 1 is 1.33 bits per heavy atom. The minimum atomic E-state index is -0.851. The SMILES string of the molecule is CCCCC(N)(Cl)c1cnc(-c2ccccc2)[nH]1. The van der Waals surface area contributed by atoms with Crippen LogP contribution in [0.3, 0.4) is 0 Å². The molecule has 0 bridgehead atoms. The van der Waals surface area contributed by atoms with Gasteiger partial charge in [0.25, 0.3) is 0 Å². The highest BCUT2D eigenvalue weighted by Crippen LogP contribution is 2.29. The molecule has 18 heavy (non-hydrogen) atoms. The van der Waals surface area contributed by atoms with E-state index in [0.29, 0.717) is 0 Å². The lowest BCUT2D eigenvalue weighted by molar-refractivity contribution is 0.533. The molecule has 2 rings (SSSR count). The Kier molecular flexibility index (Phi) is 4.04. The van der Waals surface area contributed by atoms with Crippen LogP contribution in [0.2, 0.25) is 0 Å². The second-order valence-corrected chi connectivity index (χ2v) is 5.15. The molecule has 3 nitrogen and oxygen atoms in total. The maximum Gasteiger partial charge on any atom is 0.137 e. The second-order valence-electron chi connectivity index (χ2n) is 4.48. The van der Waals surface area contributed by atoms with Crippen molar-refractivity contribution in [2.45, 2.75) is 31.2 Å². The van der Waals surface area contributed by atoms with E-state index in [1.54, 1.807) is 6.20 Å². The van der Waals surface area contributed by atoms with Gasteiger partial charge in [-0.2, -0.15) is 0 Å². The Morgan fingerprint density at radius 2 is 2.06 bits per heavy atom. The molecule has 96 valence electrons. The van der Waals surface area contributed by atoms with Crippen LogP contribution in [-0.4, -0.2) is 9.97 Å². The molecule has 1 unspecified atom stereocenters. The van der Waals surface area contributed by atoms with Gasteiger partial charge in [-0.3, -0.25) is 0 Å². The molecule has 4 heteroatoms. The molecule has 0 saturated heterocycles. The number of nitrogens with one attached hydrogen (secondary N) is 1. The Bertz CT molecular complexity index is 491. The summed E-state index contributed by atoms with van der Waals surface area (Å²) in [7, 11) is 0. The largest absolute Gasteiger partial charge is 0.339 e. The predicted molar refractivity (Wildman–Crippen MR) is 75.3 cm³/mol. The zero-order valence-corrected chi connectivity index (χ0v) is 11.2. The van der Waals surface area contributed by atoms with E-state index in [0.717, 1.165) is 36.3 Å². The summed E-state index contributed by atoms with van der Waals surface area (Å²) in [4.78, 5) is 6.70. The van der Waals surface area contributed by atoms with Crippen molar-refractivity contribution in [2.75, 3.05) is 0 Å². The number of aromatic nitrogens is 2. The molecule has 0 saturated carbocycles. The van der Waals surface area contributed by atoms with E-state index in [-0.39, 0.29) is 0 Å². The fourth-order valence-corrected chi connectivity index (χ4v) is 2.07. The first kappa shape index (κ1) is 13.1. The van der Waals surface area contributed by atoms with Crippen molar-refractivity contribution in [3.63, 3.8) is 0 Å². The monoisotopic (exact) mass is 263 g/mol. The van der Waals surface area contributed by atoms with Gasteiger partial charge in [0, 0.05) is 5.56 Å². The van der Waals surface area contributed by atoms with Gasteiger partial charge in [0.1, 0.15) is 10.8 Å². The first-order chi connectivity index (χ1) is 8.63. The maximum absolute atomic E-state index is 6.35. The van der Waals surface area contributed by atoms with Crippen LogP contribution in [0.1, 0.15) is 31.9 Å². The number of imidazole rings is 1. The summed E-state index contributed by atoms with van der Waals surface area (Å²) >= 11 is 6.35. The van der Waals surface area contributed by atoms with Gasteiger partial charge in [-0.15, -0.1) is 0 Å². The Morgan fingerprint density at radius 3 is 2.72 bits per heavy atom.